The summed E-state index contributed by atoms with van der Waals surface area (Å²) in [6.07, 6.45) is 4.29. The van der Waals surface area contributed by atoms with E-state index >= 15 is 0 Å². The SMILES string of the molecule is C=CC(=O)N(C)CCOc1c(N)ncnc1-c1cc(F)cc(CC(=O)c2ccc(C3CC3)cc2F)c1C. The minimum absolute atomic E-state index is 0.0249. The standard InChI is InChI=1S/C28H28F2N4O3/c1-4-25(36)34(3)9-10-37-27-26(32-15-33-28(27)31)22-14-20(29)11-19(16(22)2)13-24(35)21-8-7-18(12-23(21)30)17-5-6-17/h4,7-8,11-12,14-15,17H,1,5-6,9-10,13H2,2-3H3,(H2,31,32,33). The Kier molecular flexibility index (Phi) is 7.61. The van der Waals surface area contributed by atoms with Gasteiger partial charge in [0, 0.05) is 19.0 Å². The van der Waals surface area contributed by atoms with Gasteiger partial charge in [-0.25, -0.2) is 18.7 Å². The number of carbonyl (C=O) groups excluding carboxylic acids is 2. The molecule has 1 heterocycles. The van der Waals surface area contributed by atoms with E-state index in [-0.39, 0.29) is 48.3 Å². The highest BCUT2D eigenvalue weighted by Crippen LogP contribution is 2.40. The molecule has 0 bridgehead atoms. The second-order valence-corrected chi connectivity index (χ2v) is 9.10. The molecule has 3 aromatic rings. The summed E-state index contributed by atoms with van der Waals surface area (Å²) >= 11 is 0. The summed E-state index contributed by atoms with van der Waals surface area (Å²) in [7, 11) is 1.60. The second-order valence-electron chi connectivity index (χ2n) is 9.10. The van der Waals surface area contributed by atoms with Gasteiger partial charge in [0.1, 0.15) is 30.3 Å². The Hall–Kier alpha value is -4.14. The van der Waals surface area contributed by atoms with Crippen LogP contribution in [0.5, 0.6) is 5.75 Å². The number of Topliss-reactive ketones (excluding diaryl/α,β-unsaturated/α-hetero) is 1. The number of ether oxygens (including phenoxy) is 1. The van der Waals surface area contributed by atoms with Crippen LogP contribution in [0.3, 0.4) is 0 Å². The van der Waals surface area contributed by atoms with Crippen LogP contribution in [0.2, 0.25) is 0 Å². The molecule has 0 spiro atoms. The van der Waals surface area contributed by atoms with E-state index in [0.29, 0.717) is 22.6 Å². The first-order chi connectivity index (χ1) is 17.7. The molecule has 2 N–H and O–H groups in total. The number of hydrogen-bond donors (Lipinski definition) is 1. The highest BCUT2D eigenvalue weighted by molar-refractivity contribution is 5.98. The average Bonchev–Trinajstić information content (AvgIpc) is 3.72. The zero-order chi connectivity index (χ0) is 26.7. The Morgan fingerprint density at radius 3 is 2.65 bits per heavy atom. The number of rotatable bonds is 10. The highest BCUT2D eigenvalue weighted by atomic mass is 19.1. The maximum Gasteiger partial charge on any atom is 0.245 e. The molecule has 1 aliphatic carbocycles. The number of nitrogens with zero attached hydrogens (tertiary/aromatic N) is 3. The van der Waals surface area contributed by atoms with E-state index in [1.54, 1.807) is 20.0 Å². The normalized spacial score (nSPS) is 12.8. The predicted molar refractivity (Wildman–Crippen MR) is 136 cm³/mol. The van der Waals surface area contributed by atoms with Crippen LogP contribution < -0.4 is 10.5 Å². The van der Waals surface area contributed by atoms with E-state index in [1.165, 1.54) is 41.6 Å². The van der Waals surface area contributed by atoms with Gasteiger partial charge in [0.25, 0.3) is 0 Å². The lowest BCUT2D eigenvalue weighted by molar-refractivity contribution is -0.125. The summed E-state index contributed by atoms with van der Waals surface area (Å²) in [5.74, 6) is -1.33. The topological polar surface area (TPSA) is 98.4 Å². The number of nitrogens with two attached hydrogens (primary N) is 1. The monoisotopic (exact) mass is 506 g/mol. The van der Waals surface area contributed by atoms with Crippen LogP contribution in [0.25, 0.3) is 11.3 Å². The van der Waals surface area contributed by atoms with Crippen LogP contribution >= 0.6 is 0 Å². The Morgan fingerprint density at radius 2 is 1.97 bits per heavy atom. The molecule has 0 saturated heterocycles. The number of halogens is 2. The molecule has 1 aromatic heterocycles. The van der Waals surface area contributed by atoms with Gasteiger partial charge < -0.3 is 15.4 Å². The Morgan fingerprint density at radius 1 is 1.22 bits per heavy atom. The number of nitrogen functional groups attached to an aromatic ring is 1. The van der Waals surface area contributed by atoms with Gasteiger partial charge in [-0.2, -0.15) is 0 Å². The van der Waals surface area contributed by atoms with E-state index in [9.17, 15) is 18.4 Å². The maximum absolute atomic E-state index is 14.7. The lowest BCUT2D eigenvalue weighted by Crippen LogP contribution is -2.29. The van der Waals surface area contributed by atoms with Gasteiger partial charge in [-0.15, -0.1) is 0 Å². The van der Waals surface area contributed by atoms with Crippen molar-refractivity contribution in [3.8, 4) is 17.0 Å². The number of benzene rings is 2. The number of carbonyl (C=O) groups is 2. The van der Waals surface area contributed by atoms with Crippen molar-refractivity contribution < 1.29 is 23.1 Å². The number of amides is 1. The molecule has 1 saturated carbocycles. The zero-order valence-corrected chi connectivity index (χ0v) is 20.8. The first kappa shape index (κ1) is 25.9. The van der Waals surface area contributed by atoms with E-state index in [2.05, 4.69) is 16.5 Å². The van der Waals surface area contributed by atoms with Gasteiger partial charge in [0.05, 0.1) is 12.1 Å². The molecule has 37 heavy (non-hydrogen) atoms. The Balaban J connectivity index is 1.60. The lowest BCUT2D eigenvalue weighted by atomic mass is 9.93. The van der Waals surface area contributed by atoms with E-state index in [4.69, 9.17) is 10.5 Å². The highest BCUT2D eigenvalue weighted by Gasteiger charge is 2.25. The Labute approximate surface area is 214 Å². The fourth-order valence-electron chi connectivity index (χ4n) is 4.13. The molecule has 4 rings (SSSR count). The summed E-state index contributed by atoms with van der Waals surface area (Å²) < 4.78 is 35.2. The summed E-state index contributed by atoms with van der Waals surface area (Å²) in [5, 5.41) is 0. The maximum atomic E-state index is 14.7. The van der Waals surface area contributed by atoms with Crippen molar-refractivity contribution in [2.45, 2.75) is 32.1 Å². The van der Waals surface area contributed by atoms with Crippen molar-refractivity contribution >= 4 is 17.5 Å². The lowest BCUT2D eigenvalue weighted by Gasteiger charge is -2.18. The third-order valence-electron chi connectivity index (χ3n) is 6.48. The quantitative estimate of drug-likeness (QED) is 0.318. The van der Waals surface area contributed by atoms with Crippen LogP contribution in [-0.2, 0) is 11.2 Å². The van der Waals surface area contributed by atoms with Crippen molar-refractivity contribution in [1.82, 2.24) is 14.9 Å². The molecule has 1 amide bonds. The third-order valence-corrected chi connectivity index (χ3v) is 6.48. The molecule has 9 heteroatoms. The number of hydrogen-bond acceptors (Lipinski definition) is 6. The van der Waals surface area contributed by atoms with Gasteiger partial charge in [-0.1, -0.05) is 12.6 Å². The minimum atomic E-state index is -0.590. The molecule has 1 fully saturated rings. The first-order valence-electron chi connectivity index (χ1n) is 11.9. The van der Waals surface area contributed by atoms with Gasteiger partial charge in [0.15, 0.2) is 17.4 Å². The third kappa shape index (κ3) is 5.82. The van der Waals surface area contributed by atoms with Gasteiger partial charge >= 0.3 is 0 Å². The predicted octanol–water partition coefficient (Wildman–Crippen LogP) is 4.64. The molecule has 2 aromatic carbocycles. The van der Waals surface area contributed by atoms with Crippen molar-refractivity contribution in [3.63, 3.8) is 0 Å². The van der Waals surface area contributed by atoms with Crippen LogP contribution in [0.1, 0.15) is 45.8 Å². The molecule has 1 aliphatic rings. The van der Waals surface area contributed by atoms with Crippen LogP contribution in [0, 0.1) is 18.6 Å². The molecule has 0 aliphatic heterocycles. The van der Waals surface area contributed by atoms with Gasteiger partial charge in [-0.05, 0) is 72.7 Å². The zero-order valence-electron chi connectivity index (χ0n) is 20.8. The van der Waals surface area contributed by atoms with E-state index in [1.807, 2.05) is 0 Å². The number of aromatic nitrogens is 2. The fourth-order valence-corrected chi connectivity index (χ4v) is 4.13. The summed E-state index contributed by atoms with van der Waals surface area (Å²) in [5.41, 5.74) is 8.49. The van der Waals surface area contributed by atoms with Crippen molar-refractivity contribution in [3.05, 3.63) is 83.2 Å². The van der Waals surface area contributed by atoms with Gasteiger partial charge in [0.2, 0.25) is 5.91 Å². The van der Waals surface area contributed by atoms with Crippen molar-refractivity contribution in [1.29, 1.82) is 0 Å². The minimum Gasteiger partial charge on any atom is -0.486 e. The number of anilines is 1. The smallest absolute Gasteiger partial charge is 0.245 e. The summed E-state index contributed by atoms with van der Waals surface area (Å²) in [6, 6.07) is 7.24. The molecule has 0 radical (unpaired) electrons. The number of ketones is 1. The molecular formula is C28H28F2N4O3. The molecule has 0 atom stereocenters. The summed E-state index contributed by atoms with van der Waals surface area (Å²) in [4.78, 5) is 34.3. The van der Waals surface area contributed by atoms with E-state index < -0.39 is 17.4 Å². The Bertz CT molecular complexity index is 1370. The summed E-state index contributed by atoms with van der Waals surface area (Å²) in [6.45, 7) is 5.49. The van der Waals surface area contributed by atoms with Crippen molar-refractivity contribution in [2.75, 3.05) is 25.9 Å². The van der Waals surface area contributed by atoms with E-state index in [0.717, 1.165) is 18.4 Å². The van der Waals surface area contributed by atoms with Gasteiger partial charge in [-0.3, -0.25) is 9.59 Å². The second kappa shape index (κ2) is 10.9. The average molecular weight is 507 g/mol. The molecular weight excluding hydrogens is 478 g/mol. The number of likely N-dealkylation sites (N-methyl/N-ethyl adjacent to an activating group) is 1. The fraction of sp³-hybridized carbons (Fsp3) is 0.286. The molecule has 192 valence electrons. The van der Waals surface area contributed by atoms with Crippen LogP contribution in [0.4, 0.5) is 14.6 Å². The molecule has 0 unspecified atom stereocenters. The van der Waals surface area contributed by atoms with Crippen LogP contribution in [-0.4, -0.2) is 46.8 Å². The largest absolute Gasteiger partial charge is 0.486 e. The first-order valence-corrected chi connectivity index (χ1v) is 11.9. The van der Waals surface area contributed by atoms with Crippen LogP contribution in [0.15, 0.2) is 49.3 Å². The molecule has 7 nitrogen and oxygen atoms in total. The van der Waals surface area contributed by atoms with Crippen molar-refractivity contribution in [2.24, 2.45) is 0 Å².